The fourth-order valence-electron chi connectivity index (χ4n) is 0.496. The van der Waals surface area contributed by atoms with E-state index < -0.39 is 12.7 Å². The topological polar surface area (TPSA) is 70.0 Å². The number of aliphatic hydroxyl groups excluding tert-OH is 2. The number of aliphatic hydroxyl groups is 2. The van der Waals surface area contributed by atoms with Crippen LogP contribution in [0.1, 0.15) is 6.42 Å². The van der Waals surface area contributed by atoms with Crippen LogP contribution in [0.3, 0.4) is 0 Å². The third-order valence-electron chi connectivity index (χ3n) is 1.25. The van der Waals surface area contributed by atoms with E-state index in [4.69, 9.17) is 10.2 Å². The first-order chi connectivity index (χ1) is 5.11. The Morgan fingerprint density at radius 1 is 1.73 bits per heavy atom. The van der Waals surface area contributed by atoms with Crippen LogP contribution in [-0.2, 0) is 9.63 Å². The second-order valence-electron chi connectivity index (χ2n) is 2.11. The third-order valence-corrected chi connectivity index (χ3v) is 1.25. The number of amides is 1. The molecule has 0 spiro atoms. The van der Waals surface area contributed by atoms with Crippen molar-refractivity contribution >= 4 is 5.91 Å². The summed E-state index contributed by atoms with van der Waals surface area (Å²) in [4.78, 5) is 15.4. The van der Waals surface area contributed by atoms with Gasteiger partial charge in [-0.2, -0.15) is 0 Å². The van der Waals surface area contributed by atoms with Crippen LogP contribution in [-0.4, -0.2) is 48.1 Å². The molecule has 0 unspecified atom stereocenters. The molecule has 0 aliphatic carbocycles. The first-order valence-electron chi connectivity index (χ1n) is 3.21. The zero-order chi connectivity index (χ0) is 8.85. The number of carbonyl (C=O) groups excluding carboxylic acids is 1. The maximum atomic E-state index is 10.9. The smallest absolute Gasteiger partial charge is 0.248 e. The average molecular weight is 163 g/mol. The summed E-state index contributed by atoms with van der Waals surface area (Å²) >= 11 is 0. The maximum Gasteiger partial charge on any atom is 0.248 e. The van der Waals surface area contributed by atoms with Gasteiger partial charge in [0.1, 0.15) is 0 Å². The van der Waals surface area contributed by atoms with Gasteiger partial charge in [0.05, 0.1) is 26.2 Å². The minimum atomic E-state index is -1.000. The largest absolute Gasteiger partial charge is 0.394 e. The summed E-state index contributed by atoms with van der Waals surface area (Å²) in [5.74, 6) is -0.367. The first kappa shape index (κ1) is 10.3. The Labute approximate surface area is 65.1 Å². The van der Waals surface area contributed by atoms with E-state index in [0.29, 0.717) is 0 Å². The summed E-state index contributed by atoms with van der Waals surface area (Å²) in [5, 5.41) is 18.2. The molecule has 1 atom stereocenters. The highest BCUT2D eigenvalue weighted by molar-refractivity contribution is 5.75. The van der Waals surface area contributed by atoms with Crippen molar-refractivity contribution in [2.75, 3.05) is 20.8 Å². The lowest BCUT2D eigenvalue weighted by Crippen LogP contribution is -2.30. The van der Waals surface area contributed by atoms with Crippen molar-refractivity contribution in [2.24, 2.45) is 0 Å². The Morgan fingerprint density at radius 3 is 2.64 bits per heavy atom. The fourth-order valence-corrected chi connectivity index (χ4v) is 0.496. The monoisotopic (exact) mass is 163 g/mol. The van der Waals surface area contributed by atoms with Gasteiger partial charge in [-0.3, -0.25) is 9.63 Å². The maximum absolute atomic E-state index is 10.9. The van der Waals surface area contributed by atoms with Crippen molar-refractivity contribution in [3.05, 3.63) is 0 Å². The van der Waals surface area contributed by atoms with Crippen LogP contribution >= 0.6 is 0 Å². The summed E-state index contributed by atoms with van der Waals surface area (Å²) in [7, 11) is 2.79. The van der Waals surface area contributed by atoms with Gasteiger partial charge in [-0.05, 0) is 0 Å². The van der Waals surface area contributed by atoms with Crippen molar-refractivity contribution in [3.8, 4) is 0 Å². The Bertz CT molecular complexity index is 128. The predicted molar refractivity (Wildman–Crippen MR) is 37.5 cm³/mol. The second-order valence-corrected chi connectivity index (χ2v) is 2.11. The number of carbonyl (C=O) groups is 1. The molecule has 0 rings (SSSR count). The Morgan fingerprint density at radius 2 is 2.27 bits per heavy atom. The highest BCUT2D eigenvalue weighted by atomic mass is 16.7. The second kappa shape index (κ2) is 5.06. The lowest BCUT2D eigenvalue weighted by Gasteiger charge is -2.14. The molecular formula is C6H13NO4. The Balaban J connectivity index is 3.68. The molecule has 0 aromatic rings. The van der Waals surface area contributed by atoms with E-state index in [0.717, 1.165) is 5.06 Å². The van der Waals surface area contributed by atoms with E-state index >= 15 is 0 Å². The highest BCUT2D eigenvalue weighted by Crippen LogP contribution is 1.95. The average Bonchev–Trinajstić information content (AvgIpc) is 2.02. The zero-order valence-electron chi connectivity index (χ0n) is 6.65. The van der Waals surface area contributed by atoms with Crippen LogP contribution in [0.15, 0.2) is 0 Å². The highest BCUT2D eigenvalue weighted by Gasteiger charge is 2.13. The molecule has 0 saturated heterocycles. The van der Waals surface area contributed by atoms with Crippen LogP contribution in [0.4, 0.5) is 0 Å². The lowest BCUT2D eigenvalue weighted by molar-refractivity contribution is -0.171. The van der Waals surface area contributed by atoms with Crippen molar-refractivity contribution in [3.63, 3.8) is 0 Å². The van der Waals surface area contributed by atoms with Crippen molar-refractivity contribution in [1.29, 1.82) is 0 Å². The van der Waals surface area contributed by atoms with Gasteiger partial charge in [-0.25, -0.2) is 5.06 Å². The van der Waals surface area contributed by atoms with E-state index in [1.54, 1.807) is 0 Å². The lowest BCUT2D eigenvalue weighted by atomic mass is 10.2. The molecule has 1 amide bonds. The van der Waals surface area contributed by atoms with Crippen molar-refractivity contribution < 1.29 is 19.8 Å². The number of nitrogens with zero attached hydrogens (tertiary/aromatic N) is 1. The molecular weight excluding hydrogens is 150 g/mol. The van der Waals surface area contributed by atoms with Gasteiger partial charge < -0.3 is 10.2 Å². The molecule has 0 saturated carbocycles. The van der Waals surface area contributed by atoms with Crippen LogP contribution in [0.25, 0.3) is 0 Å². The number of hydroxylamine groups is 2. The summed E-state index contributed by atoms with van der Waals surface area (Å²) in [5.41, 5.74) is 0. The summed E-state index contributed by atoms with van der Waals surface area (Å²) < 4.78 is 0. The molecule has 0 bridgehead atoms. The van der Waals surface area contributed by atoms with Gasteiger partial charge in [0.15, 0.2) is 0 Å². The summed E-state index contributed by atoms with van der Waals surface area (Å²) in [6, 6.07) is 0. The number of hydrogen-bond acceptors (Lipinski definition) is 4. The Hall–Kier alpha value is -0.650. The SMILES string of the molecule is CON(C)C(=O)C[C@@H](O)CO. The summed E-state index contributed by atoms with van der Waals surface area (Å²) in [6.45, 7) is -0.413. The van der Waals surface area contributed by atoms with Gasteiger partial charge in [0.2, 0.25) is 5.91 Å². The van der Waals surface area contributed by atoms with Crippen LogP contribution in [0, 0.1) is 0 Å². The van der Waals surface area contributed by atoms with Gasteiger partial charge in [-0.1, -0.05) is 0 Å². The molecule has 0 fully saturated rings. The molecule has 0 aromatic carbocycles. The Kier molecular flexibility index (Phi) is 4.76. The van der Waals surface area contributed by atoms with E-state index in [1.807, 2.05) is 0 Å². The van der Waals surface area contributed by atoms with E-state index in [2.05, 4.69) is 4.84 Å². The van der Waals surface area contributed by atoms with Crippen LogP contribution in [0.5, 0.6) is 0 Å². The molecule has 0 heterocycles. The molecule has 0 radical (unpaired) electrons. The molecule has 66 valence electrons. The molecule has 5 heteroatoms. The summed E-state index contributed by atoms with van der Waals surface area (Å²) in [6.07, 6.45) is -1.12. The van der Waals surface area contributed by atoms with Crippen LogP contribution in [0.2, 0.25) is 0 Å². The minimum absolute atomic E-state index is 0.124. The molecule has 0 aromatic heterocycles. The van der Waals surface area contributed by atoms with E-state index in [-0.39, 0.29) is 12.3 Å². The zero-order valence-corrected chi connectivity index (χ0v) is 6.65. The first-order valence-corrected chi connectivity index (χ1v) is 3.21. The molecule has 5 nitrogen and oxygen atoms in total. The standard InChI is InChI=1S/C6H13NO4/c1-7(11-2)6(10)3-5(9)4-8/h5,8-9H,3-4H2,1-2H3/t5-/m1/s1. The van der Waals surface area contributed by atoms with Gasteiger partial charge in [0.25, 0.3) is 0 Å². The number of rotatable bonds is 4. The normalized spacial score (nSPS) is 12.7. The van der Waals surface area contributed by atoms with E-state index in [1.165, 1.54) is 14.2 Å². The molecule has 0 aliphatic rings. The molecule has 11 heavy (non-hydrogen) atoms. The van der Waals surface area contributed by atoms with Gasteiger partial charge >= 0.3 is 0 Å². The van der Waals surface area contributed by atoms with Crippen molar-refractivity contribution in [1.82, 2.24) is 5.06 Å². The van der Waals surface area contributed by atoms with Gasteiger partial charge in [-0.15, -0.1) is 0 Å². The minimum Gasteiger partial charge on any atom is -0.394 e. The van der Waals surface area contributed by atoms with E-state index in [9.17, 15) is 4.79 Å². The van der Waals surface area contributed by atoms with Crippen molar-refractivity contribution in [2.45, 2.75) is 12.5 Å². The third kappa shape index (κ3) is 3.92. The predicted octanol–water partition coefficient (Wildman–Crippen LogP) is -1.25. The molecule has 0 aliphatic heterocycles. The van der Waals surface area contributed by atoms with Gasteiger partial charge in [0, 0.05) is 7.05 Å². The fraction of sp³-hybridized carbons (Fsp3) is 0.833. The molecule has 2 N–H and O–H groups in total. The quantitative estimate of drug-likeness (QED) is 0.508. The number of hydrogen-bond donors (Lipinski definition) is 2. The van der Waals surface area contributed by atoms with Crippen LogP contribution < -0.4 is 0 Å².